The zero-order chi connectivity index (χ0) is 18.0. The van der Waals surface area contributed by atoms with Gasteiger partial charge in [-0.2, -0.15) is 0 Å². The largest absolute Gasteiger partial charge is 0.479 e. The van der Waals surface area contributed by atoms with Crippen molar-refractivity contribution in [3.63, 3.8) is 0 Å². The molecule has 1 aromatic carbocycles. The number of amides is 1. The van der Waals surface area contributed by atoms with Gasteiger partial charge in [-0.15, -0.1) is 0 Å². The van der Waals surface area contributed by atoms with Gasteiger partial charge in [0, 0.05) is 6.92 Å². The molecular weight excluding hydrogens is 308 g/mol. The van der Waals surface area contributed by atoms with Gasteiger partial charge in [0.25, 0.3) is 0 Å². The molecule has 0 bridgehead atoms. The third kappa shape index (κ3) is 7.10. The van der Waals surface area contributed by atoms with E-state index in [0.717, 1.165) is 12.0 Å². The normalized spacial score (nSPS) is 14.6. The molecule has 6 nitrogen and oxygen atoms in total. The lowest BCUT2D eigenvalue weighted by Crippen LogP contribution is -2.45. The minimum absolute atomic E-state index is 0.139. The van der Waals surface area contributed by atoms with E-state index >= 15 is 0 Å². The first-order valence-corrected chi connectivity index (χ1v) is 8.26. The molecule has 0 radical (unpaired) electrons. The van der Waals surface area contributed by atoms with Gasteiger partial charge in [-0.1, -0.05) is 30.3 Å². The highest BCUT2D eigenvalue weighted by Crippen LogP contribution is 2.20. The van der Waals surface area contributed by atoms with Crippen molar-refractivity contribution < 1.29 is 19.4 Å². The molecule has 0 aliphatic heterocycles. The monoisotopic (exact) mass is 336 g/mol. The minimum atomic E-state index is -1.28. The number of carbonyl (C=O) groups is 2. The number of hydrogen-bond donors (Lipinski definition) is 3. The molecular formula is C18H28N2O4. The van der Waals surface area contributed by atoms with E-state index in [0.29, 0.717) is 25.8 Å². The second-order valence-electron chi connectivity index (χ2n) is 6.18. The lowest BCUT2D eigenvalue weighted by atomic mass is 9.98. The van der Waals surface area contributed by atoms with Crippen LogP contribution in [-0.2, 0) is 20.7 Å². The van der Waals surface area contributed by atoms with Crippen LogP contribution in [0.4, 0.5) is 0 Å². The van der Waals surface area contributed by atoms with E-state index in [1.54, 1.807) is 6.92 Å². The van der Waals surface area contributed by atoms with Crippen LogP contribution < -0.4 is 11.1 Å². The van der Waals surface area contributed by atoms with Crippen LogP contribution in [0.3, 0.4) is 0 Å². The average molecular weight is 336 g/mol. The van der Waals surface area contributed by atoms with Crippen LogP contribution in [0.1, 0.15) is 38.7 Å². The number of rotatable bonds is 11. The van der Waals surface area contributed by atoms with Crippen molar-refractivity contribution in [3.05, 3.63) is 35.9 Å². The molecule has 1 rings (SSSR count). The van der Waals surface area contributed by atoms with Crippen LogP contribution in [0.15, 0.2) is 30.3 Å². The molecule has 4 N–H and O–H groups in total. The van der Waals surface area contributed by atoms with E-state index in [1.165, 1.54) is 6.92 Å². The Labute approximate surface area is 143 Å². The highest BCUT2D eigenvalue weighted by atomic mass is 16.5. The van der Waals surface area contributed by atoms with E-state index in [1.807, 2.05) is 30.3 Å². The predicted molar refractivity (Wildman–Crippen MR) is 92.6 cm³/mol. The molecule has 1 aromatic rings. The molecule has 1 amide bonds. The van der Waals surface area contributed by atoms with Crippen LogP contribution >= 0.6 is 0 Å². The van der Waals surface area contributed by atoms with Crippen LogP contribution in [0, 0.1) is 0 Å². The van der Waals surface area contributed by atoms with Gasteiger partial charge in [0.05, 0.1) is 12.6 Å². The fourth-order valence-electron chi connectivity index (χ4n) is 2.47. The van der Waals surface area contributed by atoms with Gasteiger partial charge in [-0.05, 0) is 44.7 Å². The van der Waals surface area contributed by atoms with E-state index in [9.17, 15) is 14.7 Å². The smallest absolute Gasteiger partial charge is 0.335 e. The Morgan fingerprint density at radius 3 is 2.50 bits per heavy atom. The first-order chi connectivity index (χ1) is 11.4. The average Bonchev–Trinajstić information content (AvgIpc) is 2.53. The SMILES string of the molecule is CC(=O)NC(COC(C)(CCCCN)C(=O)O)Cc1ccccc1. The number of nitrogens with two attached hydrogens (primary N) is 1. The van der Waals surface area contributed by atoms with Crippen molar-refractivity contribution in [1.82, 2.24) is 5.32 Å². The fourth-order valence-corrected chi connectivity index (χ4v) is 2.47. The molecule has 24 heavy (non-hydrogen) atoms. The van der Waals surface area contributed by atoms with Crippen LogP contribution in [0.2, 0.25) is 0 Å². The van der Waals surface area contributed by atoms with Gasteiger partial charge in [0.1, 0.15) is 0 Å². The maximum absolute atomic E-state index is 11.6. The summed E-state index contributed by atoms with van der Waals surface area (Å²) in [5, 5.41) is 12.3. The van der Waals surface area contributed by atoms with Gasteiger partial charge < -0.3 is 20.9 Å². The molecule has 2 atom stereocenters. The van der Waals surface area contributed by atoms with E-state index in [-0.39, 0.29) is 18.6 Å². The second kappa shape index (κ2) is 10.1. The molecule has 6 heteroatoms. The maximum atomic E-state index is 11.6. The molecule has 0 saturated carbocycles. The Morgan fingerprint density at radius 1 is 1.29 bits per heavy atom. The third-order valence-electron chi connectivity index (χ3n) is 3.90. The first-order valence-electron chi connectivity index (χ1n) is 8.26. The number of ether oxygens (including phenoxy) is 1. The Kier molecular flexibility index (Phi) is 8.43. The zero-order valence-corrected chi connectivity index (χ0v) is 14.5. The van der Waals surface area contributed by atoms with Crippen molar-refractivity contribution in [2.45, 2.75) is 51.2 Å². The van der Waals surface area contributed by atoms with Gasteiger partial charge in [-0.25, -0.2) is 4.79 Å². The summed E-state index contributed by atoms with van der Waals surface area (Å²) in [5.74, 6) is -1.17. The number of aliphatic carboxylic acids is 1. The fraction of sp³-hybridized carbons (Fsp3) is 0.556. The lowest BCUT2D eigenvalue weighted by Gasteiger charge is -2.28. The maximum Gasteiger partial charge on any atom is 0.335 e. The lowest BCUT2D eigenvalue weighted by molar-refractivity contribution is -0.165. The predicted octanol–water partition coefficient (Wildman–Crippen LogP) is 1.72. The Morgan fingerprint density at radius 2 is 1.96 bits per heavy atom. The topological polar surface area (TPSA) is 102 Å². The first kappa shape index (κ1) is 20.1. The summed E-state index contributed by atoms with van der Waals surface area (Å²) < 4.78 is 5.72. The van der Waals surface area contributed by atoms with Crippen molar-refractivity contribution in [2.75, 3.05) is 13.2 Å². The number of nitrogens with one attached hydrogen (secondary N) is 1. The molecule has 0 saturated heterocycles. The van der Waals surface area contributed by atoms with Crippen LogP contribution in [0.5, 0.6) is 0 Å². The summed E-state index contributed by atoms with van der Waals surface area (Å²) in [5.41, 5.74) is 5.24. The van der Waals surface area contributed by atoms with Gasteiger partial charge in [-0.3, -0.25) is 4.79 Å². The number of benzene rings is 1. The van der Waals surface area contributed by atoms with Crippen molar-refractivity contribution in [2.24, 2.45) is 5.73 Å². The third-order valence-corrected chi connectivity index (χ3v) is 3.90. The highest BCUT2D eigenvalue weighted by Gasteiger charge is 2.34. The molecule has 0 aromatic heterocycles. The number of carboxylic acid groups (broad SMARTS) is 1. The second-order valence-corrected chi connectivity index (χ2v) is 6.18. The highest BCUT2D eigenvalue weighted by molar-refractivity contribution is 5.77. The van der Waals surface area contributed by atoms with E-state index in [4.69, 9.17) is 10.5 Å². The Bertz CT molecular complexity index is 521. The number of carbonyl (C=O) groups excluding carboxylic acids is 1. The van der Waals surface area contributed by atoms with Gasteiger partial charge in [0.15, 0.2) is 5.60 Å². The van der Waals surface area contributed by atoms with Gasteiger partial charge >= 0.3 is 5.97 Å². The summed E-state index contributed by atoms with van der Waals surface area (Å²) in [4.78, 5) is 23.0. The van der Waals surface area contributed by atoms with Crippen molar-refractivity contribution in [1.29, 1.82) is 0 Å². The molecule has 2 unspecified atom stereocenters. The van der Waals surface area contributed by atoms with Crippen LogP contribution in [0.25, 0.3) is 0 Å². The number of unbranched alkanes of at least 4 members (excludes halogenated alkanes) is 1. The summed E-state index contributed by atoms with van der Waals surface area (Å²) in [6.07, 6.45) is 2.41. The van der Waals surface area contributed by atoms with Gasteiger partial charge in [0.2, 0.25) is 5.91 Å². The minimum Gasteiger partial charge on any atom is -0.479 e. The Balaban J connectivity index is 2.69. The molecule has 0 aliphatic rings. The summed E-state index contributed by atoms with van der Waals surface area (Å²) >= 11 is 0. The zero-order valence-electron chi connectivity index (χ0n) is 14.5. The quantitative estimate of drug-likeness (QED) is 0.534. The summed E-state index contributed by atoms with van der Waals surface area (Å²) in [6.45, 7) is 3.67. The molecule has 0 heterocycles. The molecule has 0 aliphatic carbocycles. The Hall–Kier alpha value is -1.92. The number of hydrogen-bond acceptors (Lipinski definition) is 4. The summed E-state index contributed by atoms with van der Waals surface area (Å²) in [6, 6.07) is 9.42. The molecule has 0 fully saturated rings. The van der Waals surface area contributed by atoms with E-state index in [2.05, 4.69) is 5.32 Å². The standard InChI is InChI=1S/C18H28N2O4/c1-14(21)20-16(12-15-8-4-3-5-9-15)13-24-18(2,17(22)23)10-6-7-11-19/h3-5,8-9,16H,6-7,10-13,19H2,1-2H3,(H,20,21)(H,22,23). The van der Waals surface area contributed by atoms with Crippen molar-refractivity contribution >= 4 is 11.9 Å². The molecule has 0 spiro atoms. The van der Waals surface area contributed by atoms with Crippen LogP contribution in [-0.4, -0.2) is 41.8 Å². The summed E-state index contributed by atoms with van der Waals surface area (Å²) in [7, 11) is 0. The van der Waals surface area contributed by atoms with Crippen molar-refractivity contribution in [3.8, 4) is 0 Å². The van der Waals surface area contributed by atoms with E-state index < -0.39 is 11.6 Å². The molecule has 134 valence electrons. The number of carboxylic acids is 1.